The maximum Gasteiger partial charge on any atom is 0.268 e. The summed E-state index contributed by atoms with van der Waals surface area (Å²) < 4.78 is 27.6. The van der Waals surface area contributed by atoms with Crippen molar-refractivity contribution in [2.24, 2.45) is 5.41 Å². The Morgan fingerprint density at radius 2 is 1.86 bits per heavy atom. The summed E-state index contributed by atoms with van der Waals surface area (Å²) in [5, 5.41) is 0. The van der Waals surface area contributed by atoms with E-state index in [-0.39, 0.29) is 6.54 Å². The third-order valence-corrected chi connectivity index (χ3v) is 3.72. The number of hydrogen-bond donors (Lipinski definition) is 0. The molecule has 0 aromatic carbocycles. The molecule has 0 aromatic rings. The fourth-order valence-corrected chi connectivity index (χ4v) is 2.60. The zero-order chi connectivity index (χ0) is 10.4. The smallest absolute Gasteiger partial charge is 0.268 e. The van der Waals surface area contributed by atoms with Crippen molar-refractivity contribution in [1.29, 1.82) is 0 Å². The SMILES string of the molecule is CCN1CC2(CCN(C)CC2(F)F)C1. The second-order valence-corrected chi connectivity index (χ2v) is 4.78. The normalized spacial score (nSPS) is 31.7. The molecule has 2 heterocycles. The molecular weight excluding hydrogens is 186 g/mol. The van der Waals surface area contributed by atoms with Gasteiger partial charge < -0.3 is 9.80 Å². The van der Waals surface area contributed by atoms with E-state index in [2.05, 4.69) is 4.90 Å². The van der Waals surface area contributed by atoms with Crippen LogP contribution in [0.3, 0.4) is 0 Å². The van der Waals surface area contributed by atoms with Gasteiger partial charge in [0.1, 0.15) is 0 Å². The van der Waals surface area contributed by atoms with Gasteiger partial charge >= 0.3 is 0 Å². The molecule has 0 radical (unpaired) electrons. The molecule has 0 atom stereocenters. The summed E-state index contributed by atoms with van der Waals surface area (Å²) >= 11 is 0. The number of alkyl halides is 2. The van der Waals surface area contributed by atoms with Crippen molar-refractivity contribution in [3.63, 3.8) is 0 Å². The molecule has 2 saturated heterocycles. The lowest BCUT2D eigenvalue weighted by Crippen LogP contribution is -2.69. The number of halogens is 2. The molecule has 4 heteroatoms. The molecule has 2 fully saturated rings. The van der Waals surface area contributed by atoms with E-state index in [4.69, 9.17) is 0 Å². The molecule has 2 nitrogen and oxygen atoms in total. The predicted octanol–water partition coefficient (Wildman–Crippen LogP) is 1.28. The minimum Gasteiger partial charge on any atom is -0.302 e. The first kappa shape index (κ1) is 10.3. The molecule has 0 aliphatic carbocycles. The quantitative estimate of drug-likeness (QED) is 0.635. The van der Waals surface area contributed by atoms with E-state index < -0.39 is 11.3 Å². The molecule has 0 aromatic heterocycles. The summed E-state index contributed by atoms with van der Waals surface area (Å²) in [5.41, 5.74) is -0.699. The average Bonchev–Trinajstić information content (AvgIpc) is 1.99. The van der Waals surface area contributed by atoms with Crippen LogP contribution in [0.15, 0.2) is 0 Å². The van der Waals surface area contributed by atoms with Crippen molar-refractivity contribution in [3.05, 3.63) is 0 Å². The predicted molar refractivity (Wildman–Crippen MR) is 51.6 cm³/mol. The summed E-state index contributed by atoms with van der Waals surface area (Å²) in [6.07, 6.45) is 0.646. The number of rotatable bonds is 1. The van der Waals surface area contributed by atoms with Gasteiger partial charge in [-0.1, -0.05) is 6.92 Å². The largest absolute Gasteiger partial charge is 0.302 e. The summed E-state index contributed by atoms with van der Waals surface area (Å²) in [7, 11) is 1.77. The van der Waals surface area contributed by atoms with Crippen LogP contribution in [0.4, 0.5) is 8.78 Å². The lowest BCUT2D eigenvalue weighted by Gasteiger charge is -2.57. The minimum absolute atomic E-state index is 0.0649. The molecule has 0 amide bonds. The van der Waals surface area contributed by atoms with Crippen molar-refractivity contribution in [3.8, 4) is 0 Å². The number of hydrogen-bond acceptors (Lipinski definition) is 2. The Hall–Kier alpha value is -0.220. The Kier molecular flexibility index (Phi) is 2.31. The van der Waals surface area contributed by atoms with E-state index in [1.165, 1.54) is 0 Å². The Morgan fingerprint density at radius 3 is 2.36 bits per heavy atom. The van der Waals surface area contributed by atoms with Gasteiger partial charge in [-0.3, -0.25) is 0 Å². The van der Waals surface area contributed by atoms with Gasteiger partial charge in [0.2, 0.25) is 0 Å². The van der Waals surface area contributed by atoms with Crippen LogP contribution in [0, 0.1) is 5.41 Å². The molecular formula is C10H18F2N2. The lowest BCUT2D eigenvalue weighted by atomic mass is 9.69. The highest BCUT2D eigenvalue weighted by atomic mass is 19.3. The summed E-state index contributed by atoms with van der Waals surface area (Å²) in [5.74, 6) is -2.49. The van der Waals surface area contributed by atoms with Crippen molar-refractivity contribution in [2.45, 2.75) is 19.3 Å². The highest BCUT2D eigenvalue weighted by Crippen LogP contribution is 2.49. The van der Waals surface area contributed by atoms with Crippen LogP contribution in [0.25, 0.3) is 0 Å². The second-order valence-electron chi connectivity index (χ2n) is 4.78. The third-order valence-electron chi connectivity index (χ3n) is 3.72. The molecule has 0 saturated carbocycles. The average molecular weight is 204 g/mol. The fraction of sp³-hybridized carbons (Fsp3) is 1.00. The first-order valence-corrected chi connectivity index (χ1v) is 5.28. The van der Waals surface area contributed by atoms with Crippen LogP contribution in [-0.4, -0.2) is 55.5 Å². The van der Waals surface area contributed by atoms with E-state index in [0.29, 0.717) is 19.5 Å². The Balaban J connectivity index is 2.06. The zero-order valence-corrected chi connectivity index (χ0v) is 8.89. The first-order valence-electron chi connectivity index (χ1n) is 5.28. The van der Waals surface area contributed by atoms with Crippen molar-refractivity contribution in [1.82, 2.24) is 9.80 Å². The van der Waals surface area contributed by atoms with Crippen molar-refractivity contribution < 1.29 is 8.78 Å². The zero-order valence-electron chi connectivity index (χ0n) is 8.89. The van der Waals surface area contributed by atoms with Gasteiger partial charge in [-0.25, -0.2) is 8.78 Å². The molecule has 2 aliphatic heterocycles. The second kappa shape index (κ2) is 3.14. The molecule has 2 rings (SSSR count). The molecule has 1 spiro atoms. The summed E-state index contributed by atoms with van der Waals surface area (Å²) in [6.45, 7) is 4.85. The van der Waals surface area contributed by atoms with Crippen molar-refractivity contribution >= 4 is 0 Å². The maximum absolute atomic E-state index is 13.8. The Labute approximate surface area is 83.9 Å². The molecule has 0 bridgehead atoms. The van der Waals surface area contributed by atoms with Crippen LogP contribution in [0.1, 0.15) is 13.3 Å². The molecule has 82 valence electrons. The van der Waals surface area contributed by atoms with Gasteiger partial charge in [0.05, 0.1) is 12.0 Å². The number of nitrogens with zero attached hydrogens (tertiary/aromatic N) is 2. The van der Waals surface area contributed by atoms with Gasteiger partial charge in [-0.15, -0.1) is 0 Å². The fourth-order valence-electron chi connectivity index (χ4n) is 2.60. The molecule has 0 N–H and O–H groups in total. The molecule has 14 heavy (non-hydrogen) atoms. The highest BCUT2D eigenvalue weighted by Gasteiger charge is 2.61. The topological polar surface area (TPSA) is 6.48 Å². The van der Waals surface area contributed by atoms with E-state index in [1.54, 1.807) is 11.9 Å². The monoisotopic (exact) mass is 204 g/mol. The van der Waals surface area contributed by atoms with Crippen LogP contribution in [0.5, 0.6) is 0 Å². The van der Waals surface area contributed by atoms with Crippen LogP contribution in [-0.2, 0) is 0 Å². The van der Waals surface area contributed by atoms with Crippen LogP contribution in [0.2, 0.25) is 0 Å². The first-order chi connectivity index (χ1) is 6.49. The Bertz CT molecular complexity index is 219. The highest BCUT2D eigenvalue weighted by molar-refractivity contribution is 5.07. The van der Waals surface area contributed by atoms with E-state index in [9.17, 15) is 8.78 Å². The van der Waals surface area contributed by atoms with Gasteiger partial charge in [0.15, 0.2) is 0 Å². The van der Waals surface area contributed by atoms with Crippen LogP contribution < -0.4 is 0 Å². The third kappa shape index (κ3) is 1.36. The van der Waals surface area contributed by atoms with Gasteiger partial charge in [0, 0.05) is 13.1 Å². The van der Waals surface area contributed by atoms with E-state index in [1.807, 2.05) is 6.92 Å². The van der Waals surface area contributed by atoms with Gasteiger partial charge in [-0.2, -0.15) is 0 Å². The van der Waals surface area contributed by atoms with Crippen LogP contribution >= 0.6 is 0 Å². The number of piperidine rings is 1. The number of likely N-dealkylation sites (tertiary alicyclic amines) is 2. The lowest BCUT2D eigenvalue weighted by molar-refractivity contribution is -0.221. The van der Waals surface area contributed by atoms with E-state index >= 15 is 0 Å². The van der Waals surface area contributed by atoms with Gasteiger partial charge in [-0.05, 0) is 26.6 Å². The molecule has 0 unspecified atom stereocenters. The minimum atomic E-state index is -2.49. The summed E-state index contributed by atoms with van der Waals surface area (Å²) in [6, 6.07) is 0. The van der Waals surface area contributed by atoms with Crippen molar-refractivity contribution in [2.75, 3.05) is 39.8 Å². The standard InChI is InChI=1S/C10H18F2N2/c1-3-14-6-9(7-14)4-5-13(2)8-10(9,11)12/h3-8H2,1-2H3. The van der Waals surface area contributed by atoms with Gasteiger partial charge in [0.25, 0.3) is 5.92 Å². The van der Waals surface area contributed by atoms with E-state index in [0.717, 1.165) is 13.1 Å². The summed E-state index contributed by atoms with van der Waals surface area (Å²) in [4.78, 5) is 3.83. The Morgan fingerprint density at radius 1 is 1.21 bits per heavy atom. The maximum atomic E-state index is 13.8. The molecule has 2 aliphatic rings.